The zero-order valence-electron chi connectivity index (χ0n) is 9.84. The molecule has 0 saturated heterocycles. The minimum Gasteiger partial charge on any atom is -0.477 e. The molecule has 2 rings (SSSR count). The summed E-state index contributed by atoms with van der Waals surface area (Å²) < 4.78 is 13.1. The maximum atomic E-state index is 13.1. The lowest BCUT2D eigenvalue weighted by molar-refractivity contribution is -0.385. The summed E-state index contributed by atoms with van der Waals surface area (Å²) in [5, 5.41) is 19.7. The summed E-state index contributed by atoms with van der Waals surface area (Å²) in [5.41, 5.74) is -0.109. The molecule has 0 spiro atoms. The van der Waals surface area contributed by atoms with Gasteiger partial charge in [0, 0.05) is 6.07 Å². The molecule has 20 heavy (non-hydrogen) atoms. The Bertz CT molecular complexity index is 718. The number of nitro groups is 1. The second-order valence-corrected chi connectivity index (χ2v) is 4.33. The number of carboxylic acid groups (broad SMARTS) is 1. The molecule has 0 aliphatic carbocycles. The van der Waals surface area contributed by atoms with Crippen LogP contribution >= 0.6 is 11.6 Å². The Labute approximate surface area is 117 Å². The summed E-state index contributed by atoms with van der Waals surface area (Å²) in [6.45, 7) is 0. The van der Waals surface area contributed by atoms with Gasteiger partial charge in [0.2, 0.25) is 0 Å². The summed E-state index contributed by atoms with van der Waals surface area (Å²) in [6, 6.07) is 7.51. The zero-order valence-corrected chi connectivity index (χ0v) is 10.6. The number of rotatable bonds is 3. The molecule has 0 fully saturated rings. The van der Waals surface area contributed by atoms with E-state index in [4.69, 9.17) is 16.7 Å². The summed E-state index contributed by atoms with van der Waals surface area (Å²) in [6.07, 6.45) is 0. The Hall–Kier alpha value is -2.47. The first-order chi connectivity index (χ1) is 9.40. The van der Waals surface area contributed by atoms with Crippen molar-refractivity contribution in [1.29, 1.82) is 0 Å². The summed E-state index contributed by atoms with van der Waals surface area (Å²) in [5.74, 6) is -1.99. The van der Waals surface area contributed by atoms with Gasteiger partial charge in [-0.05, 0) is 29.3 Å². The highest BCUT2D eigenvalue weighted by atomic mass is 35.5. The first kappa shape index (κ1) is 14.0. The highest BCUT2D eigenvalue weighted by Gasteiger charge is 2.20. The molecule has 2 aromatic rings. The molecule has 102 valence electrons. The third-order valence-electron chi connectivity index (χ3n) is 2.68. The van der Waals surface area contributed by atoms with Crippen molar-refractivity contribution in [3.8, 4) is 11.1 Å². The van der Waals surface area contributed by atoms with Crippen LogP contribution in [0.3, 0.4) is 0 Å². The largest absolute Gasteiger partial charge is 0.477 e. The molecule has 0 radical (unpaired) electrons. The number of nitro benzene ring substituents is 1. The molecule has 1 N–H and O–H groups in total. The van der Waals surface area contributed by atoms with E-state index < -0.39 is 28.0 Å². The van der Waals surface area contributed by atoms with E-state index in [-0.39, 0.29) is 5.02 Å². The van der Waals surface area contributed by atoms with Crippen LogP contribution in [0.5, 0.6) is 0 Å². The van der Waals surface area contributed by atoms with E-state index in [0.717, 1.165) is 18.2 Å². The third kappa shape index (κ3) is 2.60. The molecule has 0 aromatic heterocycles. The van der Waals surface area contributed by atoms with Crippen molar-refractivity contribution in [1.82, 2.24) is 0 Å². The highest BCUT2D eigenvalue weighted by molar-refractivity contribution is 6.31. The summed E-state index contributed by atoms with van der Waals surface area (Å²) in [4.78, 5) is 21.0. The Morgan fingerprint density at radius 3 is 2.35 bits per heavy atom. The van der Waals surface area contributed by atoms with Gasteiger partial charge in [0.1, 0.15) is 11.4 Å². The van der Waals surface area contributed by atoms with Crippen molar-refractivity contribution in [3.05, 3.63) is 62.9 Å². The van der Waals surface area contributed by atoms with Gasteiger partial charge in [-0.15, -0.1) is 0 Å². The van der Waals surface area contributed by atoms with Crippen LogP contribution in [0.4, 0.5) is 10.1 Å². The number of carbonyl (C=O) groups is 1. The number of hydrogen-bond acceptors (Lipinski definition) is 3. The Morgan fingerprint density at radius 1 is 1.20 bits per heavy atom. The fraction of sp³-hybridized carbons (Fsp3) is 0. The number of benzene rings is 2. The lowest BCUT2D eigenvalue weighted by Gasteiger charge is -2.05. The second kappa shape index (κ2) is 5.26. The van der Waals surface area contributed by atoms with Gasteiger partial charge in [0.05, 0.1) is 9.95 Å². The molecule has 5 nitrogen and oxygen atoms in total. The first-order valence-electron chi connectivity index (χ1n) is 5.37. The van der Waals surface area contributed by atoms with Crippen LogP contribution in [-0.4, -0.2) is 16.0 Å². The number of nitrogens with zero attached hydrogens (tertiary/aromatic N) is 1. The molecule has 0 amide bonds. The average Bonchev–Trinajstić information content (AvgIpc) is 2.41. The maximum Gasteiger partial charge on any atom is 0.342 e. The number of carboxylic acids is 1. The van der Waals surface area contributed by atoms with Gasteiger partial charge in [-0.2, -0.15) is 0 Å². The van der Waals surface area contributed by atoms with E-state index >= 15 is 0 Å². The van der Waals surface area contributed by atoms with Crippen molar-refractivity contribution in [2.75, 3.05) is 0 Å². The molecule has 0 heterocycles. The van der Waals surface area contributed by atoms with Crippen LogP contribution in [0.2, 0.25) is 5.02 Å². The first-order valence-corrected chi connectivity index (χ1v) is 5.75. The van der Waals surface area contributed by atoms with Crippen LogP contribution in [-0.2, 0) is 0 Å². The van der Waals surface area contributed by atoms with E-state index in [2.05, 4.69) is 0 Å². The number of aromatic carboxylic acids is 1. The molecule has 0 atom stereocenters. The van der Waals surface area contributed by atoms with E-state index in [1.807, 2.05) is 0 Å². The van der Waals surface area contributed by atoms with Crippen LogP contribution in [0, 0.1) is 15.9 Å². The van der Waals surface area contributed by atoms with Gasteiger partial charge in [0.15, 0.2) is 0 Å². The summed E-state index contributed by atoms with van der Waals surface area (Å²) >= 11 is 5.64. The van der Waals surface area contributed by atoms with Gasteiger partial charge in [-0.3, -0.25) is 10.1 Å². The van der Waals surface area contributed by atoms with E-state index in [1.165, 1.54) is 18.2 Å². The van der Waals surface area contributed by atoms with Gasteiger partial charge >= 0.3 is 5.97 Å². The average molecular weight is 296 g/mol. The van der Waals surface area contributed by atoms with Gasteiger partial charge in [0.25, 0.3) is 5.69 Å². The Kier molecular flexibility index (Phi) is 3.67. The molecule has 0 bridgehead atoms. The van der Waals surface area contributed by atoms with Crippen molar-refractivity contribution >= 4 is 23.3 Å². The van der Waals surface area contributed by atoms with Crippen LogP contribution in [0.25, 0.3) is 11.1 Å². The standard InChI is InChI=1S/C13H7ClFNO4/c14-10-5-7(2-4-11(10)15)8-1-3-9(13(17)18)12(6-8)16(19)20/h1-6H,(H,17,18). The fourth-order valence-corrected chi connectivity index (χ4v) is 1.90. The predicted octanol–water partition coefficient (Wildman–Crippen LogP) is 3.75. The Morgan fingerprint density at radius 2 is 1.80 bits per heavy atom. The predicted molar refractivity (Wildman–Crippen MR) is 70.5 cm³/mol. The molecular weight excluding hydrogens is 289 g/mol. The monoisotopic (exact) mass is 295 g/mol. The van der Waals surface area contributed by atoms with E-state index in [0.29, 0.717) is 11.1 Å². The highest BCUT2D eigenvalue weighted by Crippen LogP contribution is 2.29. The lowest BCUT2D eigenvalue weighted by atomic mass is 10.0. The van der Waals surface area contributed by atoms with Crippen molar-refractivity contribution < 1.29 is 19.2 Å². The normalized spacial score (nSPS) is 10.3. The number of halogens is 2. The second-order valence-electron chi connectivity index (χ2n) is 3.92. The van der Waals surface area contributed by atoms with Crippen molar-refractivity contribution in [2.45, 2.75) is 0 Å². The molecule has 7 heteroatoms. The van der Waals surface area contributed by atoms with Crippen LogP contribution in [0.1, 0.15) is 10.4 Å². The van der Waals surface area contributed by atoms with E-state index in [1.54, 1.807) is 0 Å². The number of hydrogen-bond donors (Lipinski definition) is 1. The van der Waals surface area contributed by atoms with Crippen molar-refractivity contribution in [3.63, 3.8) is 0 Å². The van der Waals surface area contributed by atoms with Crippen LogP contribution < -0.4 is 0 Å². The smallest absolute Gasteiger partial charge is 0.342 e. The Balaban J connectivity index is 2.58. The quantitative estimate of drug-likeness (QED) is 0.690. The summed E-state index contributed by atoms with van der Waals surface area (Å²) in [7, 11) is 0. The molecular formula is C13H7ClFNO4. The third-order valence-corrected chi connectivity index (χ3v) is 2.97. The van der Waals surface area contributed by atoms with Gasteiger partial charge in [-0.1, -0.05) is 23.7 Å². The molecule has 0 aliphatic rings. The molecule has 0 unspecified atom stereocenters. The molecule has 0 saturated carbocycles. The minimum absolute atomic E-state index is 0.118. The van der Waals surface area contributed by atoms with Gasteiger partial charge < -0.3 is 5.11 Å². The minimum atomic E-state index is -1.39. The SMILES string of the molecule is O=C(O)c1ccc(-c2ccc(F)c(Cl)c2)cc1[N+](=O)[O-]. The topological polar surface area (TPSA) is 80.4 Å². The molecule has 2 aromatic carbocycles. The van der Waals surface area contributed by atoms with Gasteiger partial charge in [-0.25, -0.2) is 9.18 Å². The molecule has 0 aliphatic heterocycles. The fourth-order valence-electron chi connectivity index (χ4n) is 1.72. The lowest BCUT2D eigenvalue weighted by Crippen LogP contribution is -2.02. The zero-order chi connectivity index (χ0) is 14.9. The maximum absolute atomic E-state index is 13.1. The van der Waals surface area contributed by atoms with Crippen LogP contribution in [0.15, 0.2) is 36.4 Å². The van der Waals surface area contributed by atoms with Crippen molar-refractivity contribution in [2.24, 2.45) is 0 Å². The van der Waals surface area contributed by atoms with E-state index in [9.17, 15) is 19.3 Å².